The van der Waals surface area contributed by atoms with Crippen molar-refractivity contribution in [1.29, 1.82) is 0 Å². The molecule has 0 saturated carbocycles. The van der Waals surface area contributed by atoms with Gasteiger partial charge in [-0.05, 0) is 11.6 Å². The fourth-order valence-corrected chi connectivity index (χ4v) is 2.77. The van der Waals surface area contributed by atoms with Gasteiger partial charge in [0, 0.05) is 51.0 Å². The minimum atomic E-state index is 0.657. The number of anilines is 1. The maximum absolute atomic E-state index is 5.92. The van der Waals surface area contributed by atoms with Crippen molar-refractivity contribution in [3.63, 3.8) is 0 Å². The zero-order valence-electron chi connectivity index (χ0n) is 12.3. The molecule has 2 aromatic rings. The summed E-state index contributed by atoms with van der Waals surface area (Å²) in [6, 6.07) is 14.7. The SMILES string of the molecule is Nc1ncccc1CN1CCN(Cc2ccccc2)CC1. The van der Waals surface area contributed by atoms with Gasteiger partial charge < -0.3 is 5.73 Å². The van der Waals surface area contributed by atoms with Crippen molar-refractivity contribution in [2.24, 2.45) is 0 Å². The van der Waals surface area contributed by atoms with Crippen molar-refractivity contribution >= 4 is 5.82 Å². The second-order valence-corrected chi connectivity index (χ2v) is 5.59. The lowest BCUT2D eigenvalue weighted by atomic mass is 10.2. The van der Waals surface area contributed by atoms with Gasteiger partial charge in [-0.3, -0.25) is 9.80 Å². The fraction of sp³-hybridized carbons (Fsp3) is 0.353. The molecule has 4 nitrogen and oxygen atoms in total. The average Bonchev–Trinajstić information content (AvgIpc) is 2.52. The first kappa shape index (κ1) is 14.0. The van der Waals surface area contributed by atoms with Gasteiger partial charge in [0.15, 0.2) is 0 Å². The van der Waals surface area contributed by atoms with Crippen molar-refractivity contribution < 1.29 is 0 Å². The van der Waals surface area contributed by atoms with Crippen LogP contribution in [0.15, 0.2) is 48.7 Å². The molecule has 1 fully saturated rings. The summed E-state index contributed by atoms with van der Waals surface area (Å²) in [4.78, 5) is 9.12. The van der Waals surface area contributed by atoms with Gasteiger partial charge in [0.2, 0.25) is 0 Å². The van der Waals surface area contributed by atoms with E-state index in [-0.39, 0.29) is 0 Å². The Labute approximate surface area is 126 Å². The first-order valence-electron chi connectivity index (χ1n) is 7.49. The van der Waals surface area contributed by atoms with Crippen LogP contribution < -0.4 is 5.73 Å². The van der Waals surface area contributed by atoms with E-state index in [0.29, 0.717) is 5.82 Å². The van der Waals surface area contributed by atoms with Crippen LogP contribution in [-0.2, 0) is 13.1 Å². The number of hydrogen-bond acceptors (Lipinski definition) is 4. The number of hydrogen-bond donors (Lipinski definition) is 1. The summed E-state index contributed by atoms with van der Waals surface area (Å²) >= 11 is 0. The predicted molar refractivity (Wildman–Crippen MR) is 85.6 cm³/mol. The molecule has 0 atom stereocenters. The lowest BCUT2D eigenvalue weighted by Gasteiger charge is -2.34. The second kappa shape index (κ2) is 6.70. The average molecular weight is 282 g/mol. The number of nitrogens with zero attached hydrogens (tertiary/aromatic N) is 3. The van der Waals surface area contributed by atoms with Gasteiger partial charge in [-0.15, -0.1) is 0 Å². The van der Waals surface area contributed by atoms with Crippen molar-refractivity contribution in [3.8, 4) is 0 Å². The normalized spacial score (nSPS) is 17.0. The van der Waals surface area contributed by atoms with Gasteiger partial charge in [-0.1, -0.05) is 36.4 Å². The van der Waals surface area contributed by atoms with Crippen LogP contribution in [0.4, 0.5) is 5.82 Å². The number of pyridine rings is 1. The number of nitrogens with two attached hydrogens (primary N) is 1. The second-order valence-electron chi connectivity index (χ2n) is 5.59. The van der Waals surface area contributed by atoms with E-state index in [1.165, 1.54) is 5.56 Å². The van der Waals surface area contributed by atoms with Gasteiger partial charge >= 0.3 is 0 Å². The van der Waals surface area contributed by atoms with Crippen molar-refractivity contribution in [2.45, 2.75) is 13.1 Å². The molecule has 0 radical (unpaired) electrons. The van der Waals surface area contributed by atoms with Gasteiger partial charge in [-0.25, -0.2) is 4.98 Å². The molecule has 0 unspecified atom stereocenters. The van der Waals surface area contributed by atoms with Crippen LogP contribution in [0.3, 0.4) is 0 Å². The molecule has 2 heterocycles. The summed E-state index contributed by atoms with van der Waals surface area (Å²) in [5, 5.41) is 0. The number of benzene rings is 1. The van der Waals surface area contributed by atoms with E-state index >= 15 is 0 Å². The Morgan fingerprint density at radius 3 is 2.19 bits per heavy atom. The lowest BCUT2D eigenvalue weighted by molar-refractivity contribution is 0.122. The number of rotatable bonds is 4. The van der Waals surface area contributed by atoms with E-state index < -0.39 is 0 Å². The summed E-state index contributed by atoms with van der Waals surface area (Å²) in [5.41, 5.74) is 8.44. The van der Waals surface area contributed by atoms with Crippen LogP contribution in [0.2, 0.25) is 0 Å². The van der Waals surface area contributed by atoms with Gasteiger partial charge in [0.05, 0.1) is 0 Å². The minimum Gasteiger partial charge on any atom is -0.383 e. The largest absolute Gasteiger partial charge is 0.383 e. The number of nitrogen functional groups attached to an aromatic ring is 1. The van der Waals surface area contributed by atoms with Crippen LogP contribution in [0.5, 0.6) is 0 Å². The third kappa shape index (κ3) is 3.80. The molecule has 1 aliphatic heterocycles. The summed E-state index contributed by atoms with van der Waals surface area (Å²) in [6.07, 6.45) is 1.75. The maximum Gasteiger partial charge on any atom is 0.127 e. The molecule has 1 saturated heterocycles. The molecule has 1 aromatic heterocycles. The highest BCUT2D eigenvalue weighted by atomic mass is 15.3. The number of piperazine rings is 1. The third-order valence-electron chi connectivity index (χ3n) is 4.03. The van der Waals surface area contributed by atoms with Crippen LogP contribution in [0.25, 0.3) is 0 Å². The van der Waals surface area contributed by atoms with Crippen molar-refractivity contribution in [3.05, 3.63) is 59.8 Å². The minimum absolute atomic E-state index is 0.657. The Hall–Kier alpha value is -1.91. The summed E-state index contributed by atoms with van der Waals surface area (Å²) < 4.78 is 0. The maximum atomic E-state index is 5.92. The van der Waals surface area contributed by atoms with E-state index in [1.54, 1.807) is 6.20 Å². The molecule has 3 rings (SSSR count). The summed E-state index contributed by atoms with van der Waals surface area (Å²) in [5.74, 6) is 0.657. The highest BCUT2D eigenvalue weighted by Gasteiger charge is 2.17. The predicted octanol–water partition coefficient (Wildman–Crippen LogP) is 1.98. The molecule has 0 bridgehead atoms. The first-order chi connectivity index (χ1) is 10.3. The molecule has 1 aliphatic rings. The molecule has 110 valence electrons. The molecular weight excluding hydrogens is 260 g/mol. The standard InChI is InChI=1S/C17H22N4/c18-17-16(7-4-8-19-17)14-21-11-9-20(10-12-21)13-15-5-2-1-3-6-15/h1-8H,9-14H2,(H2,18,19). The Kier molecular flexibility index (Phi) is 4.48. The molecule has 1 aromatic carbocycles. The smallest absolute Gasteiger partial charge is 0.127 e. The molecule has 4 heteroatoms. The Morgan fingerprint density at radius 2 is 1.52 bits per heavy atom. The van der Waals surface area contributed by atoms with E-state index in [9.17, 15) is 0 Å². The summed E-state index contributed by atoms with van der Waals surface area (Å²) in [7, 11) is 0. The Bertz CT molecular complexity index is 562. The van der Waals surface area contributed by atoms with E-state index in [4.69, 9.17) is 5.73 Å². The van der Waals surface area contributed by atoms with Gasteiger partial charge in [-0.2, -0.15) is 0 Å². The first-order valence-corrected chi connectivity index (χ1v) is 7.49. The van der Waals surface area contributed by atoms with Gasteiger partial charge in [0.1, 0.15) is 5.82 Å². The quantitative estimate of drug-likeness (QED) is 0.931. The number of aromatic nitrogens is 1. The van der Waals surface area contributed by atoms with Gasteiger partial charge in [0.25, 0.3) is 0 Å². The van der Waals surface area contributed by atoms with Crippen LogP contribution in [0.1, 0.15) is 11.1 Å². The molecule has 0 amide bonds. The molecule has 0 spiro atoms. The topological polar surface area (TPSA) is 45.4 Å². The zero-order chi connectivity index (χ0) is 14.5. The Morgan fingerprint density at radius 1 is 0.857 bits per heavy atom. The third-order valence-corrected chi connectivity index (χ3v) is 4.03. The van der Waals surface area contributed by atoms with E-state index in [1.807, 2.05) is 6.07 Å². The molecule has 21 heavy (non-hydrogen) atoms. The highest BCUT2D eigenvalue weighted by Crippen LogP contribution is 2.14. The van der Waals surface area contributed by atoms with Crippen molar-refractivity contribution in [1.82, 2.24) is 14.8 Å². The highest BCUT2D eigenvalue weighted by molar-refractivity contribution is 5.38. The fourth-order valence-electron chi connectivity index (χ4n) is 2.77. The summed E-state index contributed by atoms with van der Waals surface area (Å²) in [6.45, 7) is 6.33. The monoisotopic (exact) mass is 282 g/mol. The van der Waals surface area contributed by atoms with E-state index in [0.717, 1.165) is 44.8 Å². The molecular formula is C17H22N4. The van der Waals surface area contributed by atoms with Crippen LogP contribution in [-0.4, -0.2) is 41.0 Å². The zero-order valence-corrected chi connectivity index (χ0v) is 12.3. The Balaban J connectivity index is 1.50. The van der Waals surface area contributed by atoms with Crippen LogP contribution >= 0.6 is 0 Å². The van der Waals surface area contributed by atoms with E-state index in [2.05, 4.69) is 51.2 Å². The lowest BCUT2D eigenvalue weighted by Crippen LogP contribution is -2.45. The molecule has 2 N–H and O–H groups in total. The van der Waals surface area contributed by atoms with Crippen molar-refractivity contribution in [2.75, 3.05) is 31.9 Å². The van der Waals surface area contributed by atoms with Crippen LogP contribution in [0, 0.1) is 0 Å². The molecule has 0 aliphatic carbocycles.